The van der Waals surface area contributed by atoms with Crippen LogP contribution in [0.25, 0.3) is 0 Å². The smallest absolute Gasteiger partial charge is 0.121 e. The summed E-state index contributed by atoms with van der Waals surface area (Å²) in [6, 6.07) is 10.0. The first kappa shape index (κ1) is 14.4. The standard InChI is InChI=1S/C15H15Br2NO/c1-9-5-11(6-10(2)15(9)19)8-18-14-7-12(16)3-4-13(14)17/h3-7,18-19H,8H2,1-2H3. The zero-order chi connectivity index (χ0) is 14.0. The highest BCUT2D eigenvalue weighted by atomic mass is 79.9. The number of phenolic OH excluding ortho intramolecular Hbond substituents is 1. The van der Waals surface area contributed by atoms with E-state index in [1.807, 2.05) is 44.2 Å². The number of aromatic hydroxyl groups is 1. The van der Waals surface area contributed by atoms with Crippen LogP contribution in [0.3, 0.4) is 0 Å². The first-order valence-corrected chi connectivity index (χ1v) is 7.54. The van der Waals surface area contributed by atoms with Gasteiger partial charge >= 0.3 is 0 Å². The Hall–Kier alpha value is -1.00. The Balaban J connectivity index is 2.17. The summed E-state index contributed by atoms with van der Waals surface area (Å²) in [6.45, 7) is 4.55. The molecular weight excluding hydrogens is 370 g/mol. The minimum Gasteiger partial charge on any atom is -0.507 e. The molecule has 0 aliphatic heterocycles. The number of phenols is 1. The van der Waals surface area contributed by atoms with E-state index in [0.29, 0.717) is 5.75 Å². The molecule has 0 unspecified atom stereocenters. The monoisotopic (exact) mass is 383 g/mol. The van der Waals surface area contributed by atoms with Crippen molar-refractivity contribution in [2.75, 3.05) is 5.32 Å². The van der Waals surface area contributed by atoms with Crippen LogP contribution in [0.4, 0.5) is 5.69 Å². The van der Waals surface area contributed by atoms with Gasteiger partial charge in [-0.25, -0.2) is 0 Å². The first-order valence-electron chi connectivity index (χ1n) is 5.95. The van der Waals surface area contributed by atoms with Crippen LogP contribution in [-0.2, 0) is 6.54 Å². The summed E-state index contributed by atoms with van der Waals surface area (Å²) >= 11 is 6.98. The number of nitrogens with one attached hydrogen (secondary N) is 1. The van der Waals surface area contributed by atoms with Crippen LogP contribution < -0.4 is 5.32 Å². The van der Waals surface area contributed by atoms with E-state index in [4.69, 9.17) is 0 Å². The third-order valence-corrected chi connectivity index (χ3v) is 4.15. The van der Waals surface area contributed by atoms with Crippen molar-refractivity contribution < 1.29 is 5.11 Å². The maximum Gasteiger partial charge on any atom is 0.121 e. The summed E-state index contributed by atoms with van der Waals surface area (Å²) in [5.41, 5.74) is 4.01. The highest BCUT2D eigenvalue weighted by Crippen LogP contribution is 2.28. The largest absolute Gasteiger partial charge is 0.507 e. The Morgan fingerprint density at radius 2 is 1.68 bits per heavy atom. The van der Waals surface area contributed by atoms with Crippen molar-refractivity contribution in [1.29, 1.82) is 0 Å². The summed E-state index contributed by atoms with van der Waals surface area (Å²) in [7, 11) is 0. The summed E-state index contributed by atoms with van der Waals surface area (Å²) in [5, 5.41) is 13.1. The molecule has 2 N–H and O–H groups in total. The van der Waals surface area contributed by atoms with E-state index in [1.54, 1.807) is 0 Å². The SMILES string of the molecule is Cc1cc(CNc2cc(Br)ccc2Br)cc(C)c1O. The Labute approximate surface area is 130 Å². The van der Waals surface area contributed by atoms with Gasteiger partial charge in [0.15, 0.2) is 0 Å². The van der Waals surface area contributed by atoms with Crippen LogP contribution in [0, 0.1) is 13.8 Å². The molecule has 0 aliphatic rings. The topological polar surface area (TPSA) is 32.3 Å². The Bertz CT molecular complexity index is 588. The lowest BCUT2D eigenvalue weighted by Crippen LogP contribution is -2.01. The molecule has 19 heavy (non-hydrogen) atoms. The molecule has 0 spiro atoms. The molecule has 0 radical (unpaired) electrons. The molecule has 100 valence electrons. The van der Waals surface area contributed by atoms with E-state index in [0.717, 1.165) is 37.9 Å². The predicted molar refractivity (Wildman–Crippen MR) is 86.7 cm³/mol. The number of hydrogen-bond acceptors (Lipinski definition) is 2. The third-order valence-electron chi connectivity index (χ3n) is 2.96. The number of halogens is 2. The Kier molecular flexibility index (Phi) is 4.53. The molecule has 0 aromatic heterocycles. The van der Waals surface area contributed by atoms with E-state index < -0.39 is 0 Å². The molecule has 0 saturated heterocycles. The summed E-state index contributed by atoms with van der Waals surface area (Å²) in [5.74, 6) is 0.382. The van der Waals surface area contributed by atoms with Crippen molar-refractivity contribution in [2.24, 2.45) is 0 Å². The maximum absolute atomic E-state index is 9.76. The van der Waals surface area contributed by atoms with Gasteiger partial charge in [-0.3, -0.25) is 0 Å². The van der Waals surface area contributed by atoms with Gasteiger partial charge in [-0.2, -0.15) is 0 Å². The molecular formula is C15H15Br2NO. The van der Waals surface area contributed by atoms with E-state index in [1.165, 1.54) is 0 Å². The second-order valence-electron chi connectivity index (χ2n) is 4.56. The van der Waals surface area contributed by atoms with Gasteiger partial charge in [0.2, 0.25) is 0 Å². The summed E-state index contributed by atoms with van der Waals surface area (Å²) < 4.78 is 2.07. The number of benzene rings is 2. The molecule has 0 amide bonds. The first-order chi connectivity index (χ1) is 8.97. The quantitative estimate of drug-likeness (QED) is 0.767. The molecule has 0 aliphatic carbocycles. The fraction of sp³-hybridized carbons (Fsp3) is 0.200. The number of anilines is 1. The molecule has 0 saturated carbocycles. The highest BCUT2D eigenvalue weighted by Gasteiger charge is 2.05. The fourth-order valence-corrected chi connectivity index (χ4v) is 2.73. The lowest BCUT2D eigenvalue weighted by molar-refractivity contribution is 0.466. The van der Waals surface area contributed by atoms with Crippen LogP contribution in [0.5, 0.6) is 5.75 Å². The zero-order valence-electron chi connectivity index (χ0n) is 10.8. The third kappa shape index (κ3) is 3.51. The summed E-state index contributed by atoms with van der Waals surface area (Å²) in [4.78, 5) is 0. The number of hydrogen-bond donors (Lipinski definition) is 2. The molecule has 0 fully saturated rings. The van der Waals surface area contributed by atoms with E-state index in [-0.39, 0.29) is 0 Å². The number of aryl methyl sites for hydroxylation is 2. The van der Waals surface area contributed by atoms with Gasteiger partial charge in [-0.05, 0) is 64.7 Å². The minimum atomic E-state index is 0.382. The van der Waals surface area contributed by atoms with Gasteiger partial charge in [-0.1, -0.05) is 28.1 Å². The zero-order valence-corrected chi connectivity index (χ0v) is 14.0. The van der Waals surface area contributed by atoms with Gasteiger partial charge in [0.1, 0.15) is 5.75 Å². The van der Waals surface area contributed by atoms with Crippen LogP contribution in [0.15, 0.2) is 39.3 Å². The van der Waals surface area contributed by atoms with Crippen LogP contribution in [0.1, 0.15) is 16.7 Å². The van der Waals surface area contributed by atoms with Crippen LogP contribution in [-0.4, -0.2) is 5.11 Å². The normalized spacial score (nSPS) is 10.5. The molecule has 2 nitrogen and oxygen atoms in total. The molecule has 2 aromatic rings. The second kappa shape index (κ2) is 5.97. The van der Waals surface area contributed by atoms with Crippen LogP contribution >= 0.6 is 31.9 Å². The van der Waals surface area contributed by atoms with E-state index in [2.05, 4.69) is 37.2 Å². The molecule has 2 rings (SSSR count). The Morgan fingerprint density at radius 3 is 2.32 bits per heavy atom. The maximum atomic E-state index is 9.76. The van der Waals surface area contributed by atoms with Crippen molar-refractivity contribution in [3.05, 3.63) is 56.0 Å². The van der Waals surface area contributed by atoms with Crippen molar-refractivity contribution >= 4 is 37.5 Å². The van der Waals surface area contributed by atoms with Gasteiger partial charge in [0.25, 0.3) is 0 Å². The summed E-state index contributed by atoms with van der Waals surface area (Å²) in [6.07, 6.45) is 0. The van der Waals surface area contributed by atoms with Crippen LogP contribution in [0.2, 0.25) is 0 Å². The molecule has 4 heteroatoms. The average molecular weight is 385 g/mol. The molecule has 0 atom stereocenters. The average Bonchev–Trinajstić information content (AvgIpc) is 2.37. The van der Waals surface area contributed by atoms with Crippen molar-refractivity contribution in [3.8, 4) is 5.75 Å². The van der Waals surface area contributed by atoms with Crippen molar-refractivity contribution in [2.45, 2.75) is 20.4 Å². The molecule has 0 bridgehead atoms. The van der Waals surface area contributed by atoms with Gasteiger partial charge in [0, 0.05) is 21.2 Å². The van der Waals surface area contributed by atoms with E-state index in [9.17, 15) is 5.11 Å². The lowest BCUT2D eigenvalue weighted by Gasteiger charge is -2.11. The highest BCUT2D eigenvalue weighted by molar-refractivity contribution is 9.11. The predicted octanol–water partition coefficient (Wildman–Crippen LogP) is 5.15. The van der Waals surface area contributed by atoms with Gasteiger partial charge < -0.3 is 10.4 Å². The fourth-order valence-electron chi connectivity index (χ4n) is 1.98. The Morgan fingerprint density at radius 1 is 1.05 bits per heavy atom. The van der Waals surface area contributed by atoms with E-state index >= 15 is 0 Å². The van der Waals surface area contributed by atoms with Crippen molar-refractivity contribution in [1.82, 2.24) is 0 Å². The van der Waals surface area contributed by atoms with Gasteiger partial charge in [-0.15, -0.1) is 0 Å². The molecule has 2 aromatic carbocycles. The lowest BCUT2D eigenvalue weighted by atomic mass is 10.1. The molecule has 0 heterocycles. The number of rotatable bonds is 3. The van der Waals surface area contributed by atoms with Gasteiger partial charge in [0.05, 0.1) is 0 Å². The second-order valence-corrected chi connectivity index (χ2v) is 6.33. The van der Waals surface area contributed by atoms with Crippen molar-refractivity contribution in [3.63, 3.8) is 0 Å². The minimum absolute atomic E-state index is 0.382.